The molecule has 0 amide bonds. The van der Waals surface area contributed by atoms with Crippen molar-refractivity contribution >= 4 is 11.8 Å². The normalized spacial score (nSPS) is 8.38. The lowest BCUT2D eigenvalue weighted by Gasteiger charge is -1.89. The van der Waals surface area contributed by atoms with Crippen molar-refractivity contribution in [3.8, 4) is 11.8 Å². The molecule has 1 aromatic heterocycles. The zero-order chi connectivity index (χ0) is 9.68. The molecule has 66 valence electrons. The van der Waals surface area contributed by atoms with Gasteiger partial charge in [0.05, 0.1) is 19.5 Å². The number of anilines is 1. The minimum Gasteiger partial charge on any atom is -0.459 e. The number of esters is 1. The quantitative estimate of drug-likeness (QED) is 0.430. The lowest BCUT2D eigenvalue weighted by Crippen LogP contribution is -1.96. The molecule has 0 fully saturated rings. The van der Waals surface area contributed by atoms with E-state index in [0.29, 0.717) is 11.5 Å². The average Bonchev–Trinajstić information content (AvgIpc) is 2.16. The van der Waals surface area contributed by atoms with Crippen molar-refractivity contribution in [2.24, 2.45) is 0 Å². The van der Waals surface area contributed by atoms with Crippen LogP contribution in [0.25, 0.3) is 0 Å². The summed E-state index contributed by atoms with van der Waals surface area (Å²) in [7, 11) is 1.26. The van der Waals surface area contributed by atoms with Gasteiger partial charge < -0.3 is 10.5 Å². The van der Waals surface area contributed by atoms with Crippen molar-refractivity contribution in [3.05, 3.63) is 18.1 Å². The Balaban J connectivity index is 2.78. The molecule has 5 heteroatoms. The number of nitrogens with two attached hydrogens (primary N) is 1. The molecule has 0 aromatic carbocycles. The van der Waals surface area contributed by atoms with E-state index in [4.69, 9.17) is 5.73 Å². The third-order valence-electron chi connectivity index (χ3n) is 1.15. The highest BCUT2D eigenvalue weighted by Gasteiger charge is 1.92. The molecule has 0 bridgehead atoms. The minimum atomic E-state index is -0.612. The Hall–Kier alpha value is -2.09. The van der Waals surface area contributed by atoms with Gasteiger partial charge in [0.2, 0.25) is 0 Å². The van der Waals surface area contributed by atoms with Crippen LogP contribution in [0, 0.1) is 11.8 Å². The van der Waals surface area contributed by atoms with Crippen LogP contribution in [0.15, 0.2) is 12.4 Å². The number of hydrogen-bond donors (Lipinski definition) is 1. The largest absolute Gasteiger partial charge is 0.459 e. The van der Waals surface area contributed by atoms with Crippen LogP contribution in [0.3, 0.4) is 0 Å². The maximum atomic E-state index is 10.6. The molecule has 0 aliphatic rings. The summed E-state index contributed by atoms with van der Waals surface area (Å²) in [6.45, 7) is 0. The Morgan fingerprint density at radius 1 is 1.54 bits per heavy atom. The number of nitrogens with zero attached hydrogens (tertiary/aromatic N) is 2. The van der Waals surface area contributed by atoms with Gasteiger partial charge in [0, 0.05) is 5.92 Å². The standard InChI is InChI=1S/C8H7N3O2/c1-13-8(12)3-2-6-4-11-7(9)5-10-6/h4-5H,1H3,(H2,9,11). The topological polar surface area (TPSA) is 78.1 Å². The highest BCUT2D eigenvalue weighted by atomic mass is 16.5. The Bertz CT molecular complexity index is 361. The molecule has 0 saturated heterocycles. The maximum Gasteiger partial charge on any atom is 0.384 e. The van der Waals surface area contributed by atoms with Crippen LogP contribution >= 0.6 is 0 Å². The van der Waals surface area contributed by atoms with Crippen LogP contribution in [-0.4, -0.2) is 23.0 Å². The van der Waals surface area contributed by atoms with Crippen molar-refractivity contribution < 1.29 is 9.53 Å². The summed E-state index contributed by atoms with van der Waals surface area (Å²) in [5.41, 5.74) is 5.67. The third kappa shape index (κ3) is 2.79. The smallest absolute Gasteiger partial charge is 0.384 e. The first-order valence-corrected chi connectivity index (χ1v) is 3.40. The molecule has 0 aliphatic heterocycles. The van der Waals surface area contributed by atoms with Crippen LogP contribution in [0.4, 0.5) is 5.82 Å². The van der Waals surface area contributed by atoms with Gasteiger partial charge in [-0.1, -0.05) is 0 Å². The third-order valence-corrected chi connectivity index (χ3v) is 1.15. The number of methoxy groups -OCH3 is 1. The van der Waals surface area contributed by atoms with E-state index in [-0.39, 0.29) is 0 Å². The molecule has 0 saturated carbocycles. The highest BCUT2D eigenvalue weighted by Crippen LogP contribution is 1.93. The molecule has 0 unspecified atom stereocenters. The van der Waals surface area contributed by atoms with Gasteiger partial charge >= 0.3 is 5.97 Å². The molecule has 1 aromatic rings. The van der Waals surface area contributed by atoms with Crippen LogP contribution in [0.5, 0.6) is 0 Å². The molecule has 0 atom stereocenters. The highest BCUT2D eigenvalue weighted by molar-refractivity contribution is 5.88. The molecular weight excluding hydrogens is 170 g/mol. The van der Waals surface area contributed by atoms with Gasteiger partial charge in [-0.2, -0.15) is 0 Å². The average molecular weight is 177 g/mol. The number of carbonyl (C=O) groups is 1. The lowest BCUT2D eigenvalue weighted by atomic mass is 10.4. The predicted molar refractivity (Wildman–Crippen MR) is 45.3 cm³/mol. The number of rotatable bonds is 0. The van der Waals surface area contributed by atoms with Crippen molar-refractivity contribution in [2.45, 2.75) is 0 Å². The van der Waals surface area contributed by atoms with E-state index >= 15 is 0 Å². The van der Waals surface area contributed by atoms with Crippen molar-refractivity contribution in [3.63, 3.8) is 0 Å². The summed E-state index contributed by atoms with van der Waals surface area (Å²) in [4.78, 5) is 18.1. The van der Waals surface area contributed by atoms with E-state index in [1.807, 2.05) is 0 Å². The minimum absolute atomic E-state index is 0.309. The van der Waals surface area contributed by atoms with E-state index < -0.39 is 5.97 Å². The monoisotopic (exact) mass is 177 g/mol. The second-order valence-corrected chi connectivity index (χ2v) is 2.07. The number of hydrogen-bond acceptors (Lipinski definition) is 5. The fourth-order valence-electron chi connectivity index (χ4n) is 0.569. The van der Waals surface area contributed by atoms with Gasteiger partial charge in [0.1, 0.15) is 11.5 Å². The lowest BCUT2D eigenvalue weighted by molar-refractivity contribution is -0.133. The summed E-state index contributed by atoms with van der Waals surface area (Å²) >= 11 is 0. The van der Waals surface area contributed by atoms with Crippen molar-refractivity contribution in [2.75, 3.05) is 12.8 Å². The predicted octanol–water partition coefficient (Wildman–Crippen LogP) is -0.417. The van der Waals surface area contributed by atoms with E-state index in [0.717, 1.165) is 0 Å². The molecule has 0 spiro atoms. The summed E-state index contributed by atoms with van der Waals surface area (Å²) < 4.78 is 4.31. The van der Waals surface area contributed by atoms with Gasteiger partial charge in [0.25, 0.3) is 0 Å². The molecule has 1 heterocycles. The Morgan fingerprint density at radius 2 is 2.31 bits per heavy atom. The summed E-state index contributed by atoms with van der Waals surface area (Å²) in [6.07, 6.45) is 2.74. The van der Waals surface area contributed by atoms with E-state index in [2.05, 4.69) is 26.5 Å². The Labute approximate surface area is 74.9 Å². The maximum absolute atomic E-state index is 10.6. The zero-order valence-electron chi connectivity index (χ0n) is 6.94. The number of ether oxygens (including phenoxy) is 1. The second kappa shape index (κ2) is 4.07. The first kappa shape index (κ1) is 9.00. The van der Waals surface area contributed by atoms with Gasteiger partial charge in [-0.25, -0.2) is 14.8 Å². The van der Waals surface area contributed by atoms with E-state index in [9.17, 15) is 4.79 Å². The fourth-order valence-corrected chi connectivity index (χ4v) is 0.569. The Morgan fingerprint density at radius 3 is 2.85 bits per heavy atom. The molecular formula is C8H7N3O2. The van der Waals surface area contributed by atoms with Crippen molar-refractivity contribution in [1.29, 1.82) is 0 Å². The van der Waals surface area contributed by atoms with E-state index in [1.54, 1.807) is 0 Å². The van der Waals surface area contributed by atoms with Gasteiger partial charge in [-0.05, 0) is 5.92 Å². The summed E-state index contributed by atoms with van der Waals surface area (Å²) in [6, 6.07) is 0. The molecule has 2 N–H and O–H groups in total. The molecule has 1 rings (SSSR count). The molecule has 5 nitrogen and oxygen atoms in total. The molecule has 13 heavy (non-hydrogen) atoms. The molecule has 0 aliphatic carbocycles. The van der Waals surface area contributed by atoms with Gasteiger partial charge in [0.15, 0.2) is 0 Å². The first-order chi connectivity index (χ1) is 6.22. The van der Waals surface area contributed by atoms with Crippen LogP contribution in [0.1, 0.15) is 5.69 Å². The number of aromatic nitrogens is 2. The zero-order valence-corrected chi connectivity index (χ0v) is 6.94. The van der Waals surface area contributed by atoms with E-state index in [1.165, 1.54) is 19.5 Å². The van der Waals surface area contributed by atoms with Gasteiger partial charge in [-0.15, -0.1) is 0 Å². The summed E-state index contributed by atoms with van der Waals surface area (Å²) in [5.74, 6) is 4.38. The SMILES string of the molecule is COC(=O)C#Cc1cnc(N)cn1. The van der Waals surface area contributed by atoms with Crippen molar-refractivity contribution in [1.82, 2.24) is 9.97 Å². The number of nitrogen functional groups attached to an aromatic ring is 1. The second-order valence-electron chi connectivity index (χ2n) is 2.07. The first-order valence-electron chi connectivity index (χ1n) is 3.40. The van der Waals surface area contributed by atoms with Crippen LogP contribution < -0.4 is 5.73 Å². The Kier molecular flexibility index (Phi) is 2.82. The molecule has 0 radical (unpaired) electrons. The van der Waals surface area contributed by atoms with Crippen LogP contribution in [0.2, 0.25) is 0 Å². The fraction of sp³-hybridized carbons (Fsp3) is 0.125. The summed E-state index contributed by atoms with van der Waals surface area (Å²) in [5, 5.41) is 0. The van der Waals surface area contributed by atoms with Crippen LogP contribution in [-0.2, 0) is 9.53 Å². The van der Waals surface area contributed by atoms with Gasteiger partial charge in [-0.3, -0.25) is 0 Å². The number of carbonyl (C=O) groups excluding carboxylic acids is 1.